The zero-order chi connectivity index (χ0) is 18.1. The van der Waals surface area contributed by atoms with E-state index >= 15 is 0 Å². The Morgan fingerprint density at radius 3 is 2.81 bits per heavy atom. The predicted octanol–water partition coefficient (Wildman–Crippen LogP) is 2.56. The topological polar surface area (TPSA) is 80.2 Å². The second kappa shape index (κ2) is 6.81. The molecule has 1 N–H and O–H groups in total. The van der Waals surface area contributed by atoms with Crippen LogP contribution in [-0.4, -0.2) is 39.6 Å². The minimum Gasteiger partial charge on any atom is -0.494 e. The molecule has 0 bridgehead atoms. The highest BCUT2D eigenvalue weighted by molar-refractivity contribution is 5.76. The van der Waals surface area contributed by atoms with Crippen molar-refractivity contribution in [2.75, 3.05) is 20.2 Å². The molecule has 7 nitrogen and oxygen atoms in total. The van der Waals surface area contributed by atoms with E-state index in [4.69, 9.17) is 9.84 Å². The molecule has 4 heterocycles. The van der Waals surface area contributed by atoms with Crippen LogP contribution in [0.2, 0.25) is 0 Å². The molecule has 1 saturated heterocycles. The summed E-state index contributed by atoms with van der Waals surface area (Å²) in [4.78, 5) is 0. The Morgan fingerprint density at radius 1 is 1.31 bits per heavy atom. The van der Waals surface area contributed by atoms with Gasteiger partial charge in [-0.25, -0.2) is 4.52 Å². The first kappa shape index (κ1) is 16.6. The molecule has 3 aromatic rings. The zero-order valence-corrected chi connectivity index (χ0v) is 15.1. The van der Waals surface area contributed by atoms with Crippen molar-refractivity contribution in [2.24, 2.45) is 0 Å². The van der Waals surface area contributed by atoms with E-state index in [1.807, 2.05) is 18.5 Å². The molecule has 1 aliphatic heterocycles. The molecule has 0 spiro atoms. The van der Waals surface area contributed by atoms with Gasteiger partial charge in [0.15, 0.2) is 0 Å². The molecule has 0 radical (unpaired) electrons. The summed E-state index contributed by atoms with van der Waals surface area (Å²) in [7, 11) is 1.62. The van der Waals surface area contributed by atoms with Gasteiger partial charge in [0.05, 0.1) is 25.5 Å². The maximum atomic E-state index is 9.28. The lowest BCUT2D eigenvalue weighted by molar-refractivity contribution is 0.336. The maximum Gasteiger partial charge on any atom is 0.146 e. The number of aromatic nitrogens is 4. The van der Waals surface area contributed by atoms with Gasteiger partial charge in [0.25, 0.3) is 0 Å². The Morgan fingerprint density at radius 2 is 2.12 bits per heavy atom. The maximum absolute atomic E-state index is 9.28. The number of methoxy groups -OCH3 is 1. The molecule has 0 atom stereocenters. The molecule has 4 rings (SSSR count). The highest BCUT2D eigenvalue weighted by Gasteiger charge is 2.22. The first-order chi connectivity index (χ1) is 12.8. The van der Waals surface area contributed by atoms with Crippen LogP contribution in [0.4, 0.5) is 0 Å². The molecule has 134 valence electrons. The highest BCUT2D eigenvalue weighted by atomic mass is 16.5. The van der Waals surface area contributed by atoms with Gasteiger partial charge in [-0.1, -0.05) is 6.92 Å². The van der Waals surface area contributed by atoms with Crippen molar-refractivity contribution < 1.29 is 4.74 Å². The van der Waals surface area contributed by atoms with E-state index in [0.717, 1.165) is 43.5 Å². The van der Waals surface area contributed by atoms with E-state index < -0.39 is 0 Å². The summed E-state index contributed by atoms with van der Waals surface area (Å²) in [5.41, 5.74) is 4.53. The summed E-state index contributed by atoms with van der Waals surface area (Å²) in [6.45, 7) is 4.23. The molecule has 0 aliphatic carbocycles. The van der Waals surface area contributed by atoms with Gasteiger partial charge in [0, 0.05) is 23.0 Å². The van der Waals surface area contributed by atoms with Gasteiger partial charge in [-0.05, 0) is 38.4 Å². The average molecular weight is 350 g/mol. The number of hydrogen-bond donors (Lipinski definition) is 1. The molecular weight excluding hydrogens is 328 g/mol. The molecule has 0 aromatic carbocycles. The van der Waals surface area contributed by atoms with Crippen molar-refractivity contribution in [3.8, 4) is 22.9 Å². The second-order valence-corrected chi connectivity index (χ2v) is 6.54. The summed E-state index contributed by atoms with van der Waals surface area (Å²) >= 11 is 0. The van der Waals surface area contributed by atoms with Gasteiger partial charge in [-0.15, -0.1) is 0 Å². The Hall–Kier alpha value is -2.85. The molecule has 3 aromatic heterocycles. The van der Waals surface area contributed by atoms with Crippen LogP contribution in [-0.2, 0) is 6.42 Å². The molecule has 1 aliphatic rings. The Labute approximate surface area is 152 Å². The number of rotatable bonds is 4. The first-order valence-corrected chi connectivity index (χ1v) is 8.99. The van der Waals surface area contributed by atoms with Crippen molar-refractivity contribution >= 4 is 5.52 Å². The molecule has 0 saturated carbocycles. The molecule has 7 heteroatoms. The van der Waals surface area contributed by atoms with E-state index in [1.54, 1.807) is 17.8 Å². The minimum absolute atomic E-state index is 0.445. The van der Waals surface area contributed by atoms with Crippen LogP contribution in [0.25, 0.3) is 16.6 Å². The normalized spacial score (nSPS) is 15.3. The van der Waals surface area contributed by atoms with Crippen molar-refractivity contribution in [3.05, 3.63) is 35.9 Å². The Kier molecular flexibility index (Phi) is 4.35. The van der Waals surface area contributed by atoms with Gasteiger partial charge in [0.2, 0.25) is 0 Å². The lowest BCUT2D eigenvalue weighted by Crippen LogP contribution is -2.30. The number of fused-ring (bicyclic) bond motifs is 1. The quantitative estimate of drug-likeness (QED) is 0.782. The van der Waals surface area contributed by atoms with E-state index in [2.05, 4.69) is 28.1 Å². The smallest absolute Gasteiger partial charge is 0.146 e. The second-order valence-electron chi connectivity index (χ2n) is 6.54. The van der Waals surface area contributed by atoms with Gasteiger partial charge in [-0.3, -0.25) is 4.68 Å². The fourth-order valence-corrected chi connectivity index (χ4v) is 3.82. The molecule has 0 unspecified atom stereocenters. The molecular formula is C19H22N6O. The third-order valence-electron chi connectivity index (χ3n) is 5.12. The van der Waals surface area contributed by atoms with E-state index in [-0.39, 0.29) is 0 Å². The first-order valence-electron chi connectivity index (χ1n) is 8.99. The molecule has 26 heavy (non-hydrogen) atoms. The van der Waals surface area contributed by atoms with Crippen LogP contribution in [0.5, 0.6) is 5.75 Å². The summed E-state index contributed by atoms with van der Waals surface area (Å²) in [6, 6.07) is 4.59. The van der Waals surface area contributed by atoms with Crippen LogP contribution in [0.1, 0.15) is 37.1 Å². The van der Waals surface area contributed by atoms with Crippen LogP contribution in [0, 0.1) is 11.3 Å². The largest absolute Gasteiger partial charge is 0.494 e. The van der Waals surface area contributed by atoms with Gasteiger partial charge in [0.1, 0.15) is 22.9 Å². The van der Waals surface area contributed by atoms with E-state index in [9.17, 15) is 5.26 Å². The monoisotopic (exact) mass is 350 g/mol. The fraction of sp³-hybridized carbons (Fsp3) is 0.421. The predicted molar refractivity (Wildman–Crippen MR) is 98.2 cm³/mol. The van der Waals surface area contributed by atoms with Crippen LogP contribution < -0.4 is 10.1 Å². The third-order valence-corrected chi connectivity index (χ3v) is 5.12. The van der Waals surface area contributed by atoms with Crippen molar-refractivity contribution in [3.63, 3.8) is 0 Å². The fourth-order valence-electron chi connectivity index (χ4n) is 3.82. The third kappa shape index (κ3) is 2.63. The van der Waals surface area contributed by atoms with Crippen LogP contribution in [0.15, 0.2) is 24.7 Å². The van der Waals surface area contributed by atoms with Crippen LogP contribution in [0.3, 0.4) is 0 Å². The lowest BCUT2D eigenvalue weighted by atomic mass is 10.0. The van der Waals surface area contributed by atoms with Gasteiger partial charge < -0.3 is 10.1 Å². The summed E-state index contributed by atoms with van der Waals surface area (Å²) in [6.07, 6.45) is 8.56. The number of piperidine rings is 1. The Balaban J connectivity index is 1.83. The molecule has 0 amide bonds. The van der Waals surface area contributed by atoms with Crippen LogP contribution >= 0.6 is 0 Å². The standard InChI is InChI=1S/C19H22N6O/c1-3-17-16(11-23-25(17)15-4-6-21-7-5-15)13-8-18(26-2)19-14(9-20)10-22-24(19)12-13/h8,10-12,15,21H,3-7H2,1-2H3. The Bertz CT molecular complexity index is 974. The SMILES string of the molecule is CCc1c(-c2cc(OC)c3c(C#N)cnn3c2)cnn1C1CCNCC1. The number of nitriles is 1. The van der Waals surface area contributed by atoms with Crippen molar-refractivity contribution in [2.45, 2.75) is 32.2 Å². The van der Waals surface area contributed by atoms with E-state index in [0.29, 0.717) is 22.9 Å². The zero-order valence-electron chi connectivity index (χ0n) is 15.1. The minimum atomic E-state index is 0.445. The van der Waals surface area contributed by atoms with Crippen molar-refractivity contribution in [1.82, 2.24) is 24.7 Å². The van der Waals surface area contributed by atoms with Crippen molar-refractivity contribution in [1.29, 1.82) is 5.26 Å². The number of nitrogens with one attached hydrogen (secondary N) is 1. The highest BCUT2D eigenvalue weighted by Crippen LogP contribution is 2.33. The lowest BCUT2D eigenvalue weighted by Gasteiger charge is -2.25. The summed E-state index contributed by atoms with van der Waals surface area (Å²) in [5, 5.41) is 21.7. The number of hydrogen-bond acceptors (Lipinski definition) is 5. The summed E-state index contributed by atoms with van der Waals surface area (Å²) in [5.74, 6) is 0.646. The van der Waals surface area contributed by atoms with Gasteiger partial charge in [-0.2, -0.15) is 15.5 Å². The number of ether oxygens (including phenoxy) is 1. The average Bonchev–Trinajstić information content (AvgIpc) is 3.31. The molecule has 1 fully saturated rings. The van der Waals surface area contributed by atoms with E-state index in [1.165, 1.54) is 5.69 Å². The summed E-state index contributed by atoms with van der Waals surface area (Å²) < 4.78 is 9.45. The number of pyridine rings is 1. The number of nitrogens with zero attached hydrogens (tertiary/aromatic N) is 5. The van der Waals surface area contributed by atoms with Gasteiger partial charge >= 0.3 is 0 Å².